The van der Waals surface area contributed by atoms with Crippen molar-refractivity contribution >= 4 is 38.1 Å². The monoisotopic (exact) mass is 332 g/mol. The zero-order chi connectivity index (χ0) is 14.9. The van der Waals surface area contributed by atoms with Crippen LogP contribution in [-0.2, 0) is 10.0 Å². The highest BCUT2D eigenvalue weighted by atomic mass is 35.5. The fourth-order valence-electron chi connectivity index (χ4n) is 1.59. The van der Waals surface area contributed by atoms with Gasteiger partial charge in [0.25, 0.3) is 10.0 Å². The third-order valence-corrected chi connectivity index (χ3v) is 5.79. The Morgan fingerprint density at radius 2 is 2.10 bits per heavy atom. The molecule has 0 aliphatic rings. The molecular weight excluding hydrogens is 320 g/mol. The number of ether oxygens (including phenoxy) is 1. The number of anilines is 1. The third-order valence-electron chi connectivity index (χ3n) is 2.64. The van der Waals surface area contributed by atoms with Crippen LogP contribution in [0.2, 0.25) is 5.02 Å². The van der Waals surface area contributed by atoms with Crippen molar-refractivity contribution in [1.82, 2.24) is 4.98 Å². The summed E-state index contributed by atoms with van der Waals surface area (Å²) < 4.78 is 31.5. The van der Waals surface area contributed by atoms with E-state index < -0.39 is 10.0 Å². The molecule has 0 fully saturated rings. The summed E-state index contributed by atoms with van der Waals surface area (Å²) in [6.07, 6.45) is 0. The van der Waals surface area contributed by atoms with Crippen LogP contribution in [0.25, 0.3) is 0 Å². The maximum absolute atomic E-state index is 12.6. The van der Waals surface area contributed by atoms with Gasteiger partial charge < -0.3 is 4.74 Å². The molecule has 5 nitrogen and oxygen atoms in total. The first-order chi connectivity index (χ1) is 9.36. The molecule has 0 amide bonds. The molecule has 20 heavy (non-hydrogen) atoms. The van der Waals surface area contributed by atoms with Gasteiger partial charge in [-0.05, 0) is 25.1 Å². The largest absolute Gasteiger partial charge is 0.495 e. The number of aromatic nitrogens is 1. The standard InChI is InChI=1S/C12H13ClN2O3S2/c1-8-7-19-12(14-8)15(2)20(16,17)11-6-9(13)4-5-10(11)18-3/h4-7H,1-3H3. The fraction of sp³-hybridized carbons (Fsp3) is 0.250. The molecule has 8 heteroatoms. The number of nitrogens with zero attached hydrogens (tertiary/aromatic N) is 2. The van der Waals surface area contributed by atoms with Crippen LogP contribution in [0.4, 0.5) is 5.13 Å². The summed E-state index contributed by atoms with van der Waals surface area (Å²) in [4.78, 5) is 4.19. The van der Waals surface area contributed by atoms with Crippen LogP contribution in [0.5, 0.6) is 5.75 Å². The number of methoxy groups -OCH3 is 1. The lowest BCUT2D eigenvalue weighted by Crippen LogP contribution is -2.26. The van der Waals surface area contributed by atoms with E-state index in [2.05, 4.69) is 4.98 Å². The van der Waals surface area contributed by atoms with Gasteiger partial charge in [0.15, 0.2) is 5.13 Å². The summed E-state index contributed by atoms with van der Waals surface area (Å²) in [7, 11) is -0.907. The van der Waals surface area contributed by atoms with E-state index in [1.165, 1.54) is 37.6 Å². The van der Waals surface area contributed by atoms with Crippen LogP contribution in [0.1, 0.15) is 5.69 Å². The number of sulfonamides is 1. The summed E-state index contributed by atoms with van der Waals surface area (Å²) in [6.45, 7) is 1.81. The smallest absolute Gasteiger partial charge is 0.269 e. The van der Waals surface area contributed by atoms with Crippen LogP contribution >= 0.6 is 22.9 Å². The van der Waals surface area contributed by atoms with Gasteiger partial charge in [0, 0.05) is 17.5 Å². The molecule has 0 N–H and O–H groups in total. The van der Waals surface area contributed by atoms with Crippen LogP contribution in [0.3, 0.4) is 0 Å². The summed E-state index contributed by atoms with van der Waals surface area (Å²) in [5.41, 5.74) is 0.769. The van der Waals surface area contributed by atoms with E-state index in [9.17, 15) is 8.42 Å². The van der Waals surface area contributed by atoms with Crippen molar-refractivity contribution in [1.29, 1.82) is 0 Å². The second kappa shape index (κ2) is 5.59. The Kier molecular flexibility index (Phi) is 4.22. The number of hydrogen-bond acceptors (Lipinski definition) is 5. The van der Waals surface area contributed by atoms with Gasteiger partial charge in [0.2, 0.25) is 0 Å². The highest BCUT2D eigenvalue weighted by Gasteiger charge is 2.27. The summed E-state index contributed by atoms with van der Waals surface area (Å²) in [5.74, 6) is 0.245. The van der Waals surface area contributed by atoms with E-state index in [1.54, 1.807) is 18.4 Å². The molecule has 1 aromatic heterocycles. The SMILES string of the molecule is COc1ccc(Cl)cc1S(=O)(=O)N(C)c1nc(C)cs1. The molecule has 108 valence electrons. The molecule has 1 aromatic carbocycles. The van der Waals surface area contributed by atoms with E-state index in [-0.39, 0.29) is 10.6 Å². The minimum atomic E-state index is -3.77. The summed E-state index contributed by atoms with van der Waals surface area (Å²) in [6, 6.07) is 4.47. The van der Waals surface area contributed by atoms with Gasteiger partial charge in [-0.1, -0.05) is 11.6 Å². The van der Waals surface area contributed by atoms with E-state index >= 15 is 0 Å². The maximum Gasteiger partial charge on any atom is 0.269 e. The van der Waals surface area contributed by atoms with Crippen molar-refractivity contribution in [3.8, 4) is 5.75 Å². The number of rotatable bonds is 4. The lowest BCUT2D eigenvalue weighted by molar-refractivity contribution is 0.402. The lowest BCUT2D eigenvalue weighted by Gasteiger charge is -2.18. The normalized spacial score (nSPS) is 11.4. The lowest BCUT2D eigenvalue weighted by atomic mass is 10.3. The van der Waals surface area contributed by atoms with Crippen molar-refractivity contribution in [2.75, 3.05) is 18.5 Å². The molecule has 2 rings (SSSR count). The molecule has 0 spiro atoms. The van der Waals surface area contributed by atoms with Gasteiger partial charge in [-0.2, -0.15) is 0 Å². The Bertz CT molecular complexity index is 728. The molecular formula is C12H13ClN2O3S2. The Morgan fingerprint density at radius 1 is 1.40 bits per heavy atom. The van der Waals surface area contributed by atoms with Gasteiger partial charge in [0.1, 0.15) is 10.6 Å². The molecule has 1 heterocycles. The van der Waals surface area contributed by atoms with Crippen molar-refractivity contribution < 1.29 is 13.2 Å². The summed E-state index contributed by atoms with van der Waals surface area (Å²) in [5, 5.41) is 2.51. The van der Waals surface area contributed by atoms with Crippen molar-refractivity contribution in [3.63, 3.8) is 0 Å². The molecule has 2 aromatic rings. The number of aryl methyl sites for hydroxylation is 1. The van der Waals surface area contributed by atoms with Crippen molar-refractivity contribution in [2.45, 2.75) is 11.8 Å². The Morgan fingerprint density at radius 3 is 2.65 bits per heavy atom. The first kappa shape index (κ1) is 15.1. The zero-order valence-electron chi connectivity index (χ0n) is 11.1. The average molecular weight is 333 g/mol. The van der Waals surface area contributed by atoms with Crippen molar-refractivity contribution in [3.05, 3.63) is 34.3 Å². The van der Waals surface area contributed by atoms with Gasteiger partial charge in [-0.25, -0.2) is 17.7 Å². The van der Waals surface area contributed by atoms with Crippen LogP contribution in [0, 0.1) is 6.92 Å². The first-order valence-corrected chi connectivity index (χ1v) is 8.30. The van der Waals surface area contributed by atoms with Crippen molar-refractivity contribution in [2.24, 2.45) is 0 Å². The second-order valence-corrected chi connectivity index (χ2v) is 7.25. The fourth-order valence-corrected chi connectivity index (χ4v) is 4.15. The number of thiazole rings is 1. The van der Waals surface area contributed by atoms with E-state index in [4.69, 9.17) is 16.3 Å². The van der Waals surface area contributed by atoms with Gasteiger partial charge in [0.05, 0.1) is 12.8 Å². The molecule has 0 unspecified atom stereocenters. The molecule has 0 atom stereocenters. The highest BCUT2D eigenvalue weighted by molar-refractivity contribution is 7.93. The highest BCUT2D eigenvalue weighted by Crippen LogP contribution is 2.32. The van der Waals surface area contributed by atoms with Gasteiger partial charge in [-0.3, -0.25) is 0 Å². The second-order valence-electron chi connectivity index (χ2n) is 4.04. The third kappa shape index (κ3) is 2.74. The van der Waals surface area contributed by atoms with Gasteiger partial charge in [-0.15, -0.1) is 11.3 Å². The summed E-state index contributed by atoms with van der Waals surface area (Å²) >= 11 is 7.14. The Labute approximate surface area is 126 Å². The van der Waals surface area contributed by atoms with Gasteiger partial charge >= 0.3 is 0 Å². The molecule has 0 aliphatic heterocycles. The van der Waals surface area contributed by atoms with Crippen LogP contribution < -0.4 is 9.04 Å². The number of halogens is 1. The molecule has 0 saturated heterocycles. The first-order valence-electron chi connectivity index (χ1n) is 5.61. The predicted molar refractivity (Wildman–Crippen MR) is 80.4 cm³/mol. The molecule has 0 bridgehead atoms. The van der Waals surface area contributed by atoms with E-state index in [0.29, 0.717) is 10.2 Å². The Hall–Kier alpha value is -1.31. The Balaban J connectivity index is 2.52. The predicted octanol–water partition coefficient (Wildman–Crippen LogP) is 2.94. The number of benzene rings is 1. The van der Waals surface area contributed by atoms with Crippen LogP contribution in [-0.4, -0.2) is 27.6 Å². The number of hydrogen-bond donors (Lipinski definition) is 0. The zero-order valence-corrected chi connectivity index (χ0v) is 13.5. The minimum absolute atomic E-state index is 0.0165. The van der Waals surface area contributed by atoms with Crippen LogP contribution in [0.15, 0.2) is 28.5 Å². The average Bonchev–Trinajstić information content (AvgIpc) is 2.84. The van der Waals surface area contributed by atoms with E-state index in [0.717, 1.165) is 10.00 Å². The maximum atomic E-state index is 12.6. The molecule has 0 aliphatic carbocycles. The molecule has 0 radical (unpaired) electrons. The quantitative estimate of drug-likeness (QED) is 0.863. The topological polar surface area (TPSA) is 59.5 Å². The molecule has 0 saturated carbocycles. The minimum Gasteiger partial charge on any atom is -0.495 e. The van der Waals surface area contributed by atoms with E-state index in [1.807, 2.05) is 0 Å².